The van der Waals surface area contributed by atoms with Crippen LogP contribution in [0.25, 0.3) is 0 Å². The Balaban J connectivity index is 2.06. The van der Waals surface area contributed by atoms with Crippen LogP contribution in [0.3, 0.4) is 0 Å². The van der Waals surface area contributed by atoms with Crippen LogP contribution in [0.4, 0.5) is 10.8 Å². The van der Waals surface area contributed by atoms with Crippen LogP contribution in [-0.4, -0.2) is 21.0 Å². The maximum absolute atomic E-state index is 10.8. The Morgan fingerprint density at radius 1 is 1.37 bits per heavy atom. The fourth-order valence-corrected chi connectivity index (χ4v) is 2.26. The van der Waals surface area contributed by atoms with Gasteiger partial charge in [0.1, 0.15) is 5.01 Å². The Bertz CT molecular complexity index is 609. The number of non-ortho nitro benzene ring substituents is 1. The highest BCUT2D eigenvalue weighted by molar-refractivity contribution is 7.15. The molecule has 0 saturated heterocycles. The van der Waals surface area contributed by atoms with Crippen molar-refractivity contribution >= 4 is 28.1 Å². The molecule has 2 rings (SSSR count). The molecule has 1 aromatic heterocycles. The molecule has 0 aliphatic heterocycles. The first-order valence-corrected chi connectivity index (χ1v) is 6.19. The summed E-state index contributed by atoms with van der Waals surface area (Å²) in [7, 11) is 0. The summed E-state index contributed by atoms with van der Waals surface area (Å²) in [5.74, 6) is -0.196. The highest BCUT2D eigenvalue weighted by Gasteiger charge is 2.08. The molecule has 0 aliphatic rings. The largest absolute Gasteiger partial charge is 0.301 e. The van der Waals surface area contributed by atoms with Gasteiger partial charge in [-0.15, -0.1) is 10.2 Å². The topological polar surface area (TPSA) is 98.0 Å². The molecule has 0 unspecified atom stereocenters. The van der Waals surface area contributed by atoms with E-state index >= 15 is 0 Å². The lowest BCUT2D eigenvalue weighted by molar-refractivity contribution is -0.384. The molecule has 0 saturated carbocycles. The van der Waals surface area contributed by atoms with Crippen molar-refractivity contribution in [1.29, 1.82) is 0 Å². The van der Waals surface area contributed by atoms with Crippen molar-refractivity contribution in [3.8, 4) is 0 Å². The van der Waals surface area contributed by atoms with Crippen molar-refractivity contribution in [3.63, 3.8) is 0 Å². The maximum Gasteiger partial charge on any atom is 0.269 e. The van der Waals surface area contributed by atoms with E-state index in [4.69, 9.17) is 0 Å². The number of nitro benzene ring substituents is 1. The van der Waals surface area contributed by atoms with Gasteiger partial charge in [0, 0.05) is 25.5 Å². The lowest BCUT2D eigenvalue weighted by atomic mass is 10.1. The number of nitrogens with one attached hydrogen (secondary N) is 1. The molecule has 0 fully saturated rings. The Morgan fingerprint density at radius 3 is 2.63 bits per heavy atom. The highest BCUT2D eigenvalue weighted by atomic mass is 32.1. The quantitative estimate of drug-likeness (QED) is 0.681. The van der Waals surface area contributed by atoms with Gasteiger partial charge in [0.25, 0.3) is 5.69 Å². The van der Waals surface area contributed by atoms with Gasteiger partial charge >= 0.3 is 0 Å². The minimum absolute atomic E-state index is 0.0555. The van der Waals surface area contributed by atoms with Crippen molar-refractivity contribution in [2.75, 3.05) is 5.32 Å². The third-order valence-electron chi connectivity index (χ3n) is 2.25. The van der Waals surface area contributed by atoms with Crippen LogP contribution < -0.4 is 5.32 Å². The molecule has 19 heavy (non-hydrogen) atoms. The fraction of sp³-hybridized carbons (Fsp3) is 0.182. The van der Waals surface area contributed by atoms with E-state index in [0.29, 0.717) is 11.6 Å². The lowest BCUT2D eigenvalue weighted by Gasteiger charge is -1.96. The fourth-order valence-electron chi connectivity index (χ4n) is 1.44. The zero-order valence-electron chi connectivity index (χ0n) is 9.99. The Labute approximate surface area is 112 Å². The molecule has 98 valence electrons. The zero-order valence-corrected chi connectivity index (χ0v) is 10.8. The van der Waals surface area contributed by atoms with Crippen molar-refractivity contribution in [2.45, 2.75) is 13.3 Å². The number of aromatic nitrogens is 2. The van der Waals surface area contributed by atoms with Crippen LogP contribution in [0.5, 0.6) is 0 Å². The van der Waals surface area contributed by atoms with Gasteiger partial charge in [0.2, 0.25) is 11.0 Å². The van der Waals surface area contributed by atoms with Crippen molar-refractivity contribution < 1.29 is 9.72 Å². The molecule has 0 aliphatic carbocycles. The van der Waals surface area contributed by atoms with Gasteiger partial charge in [-0.05, 0) is 5.56 Å². The van der Waals surface area contributed by atoms with Gasteiger partial charge in [0.05, 0.1) is 4.92 Å². The SMILES string of the molecule is CC(=O)Nc1nnc(Cc2ccc([N+](=O)[O-])cc2)s1. The number of carbonyl (C=O) groups excluding carboxylic acids is 1. The molecule has 0 atom stereocenters. The minimum Gasteiger partial charge on any atom is -0.301 e. The summed E-state index contributed by atoms with van der Waals surface area (Å²) in [6.07, 6.45) is 0.523. The van der Waals surface area contributed by atoms with Gasteiger partial charge in [0.15, 0.2) is 0 Å². The minimum atomic E-state index is -0.441. The molecule has 8 heteroatoms. The third kappa shape index (κ3) is 3.55. The average Bonchev–Trinajstić information content (AvgIpc) is 2.76. The number of anilines is 1. The normalized spacial score (nSPS) is 10.2. The van der Waals surface area contributed by atoms with Crippen molar-refractivity contribution in [2.24, 2.45) is 0 Å². The summed E-state index contributed by atoms with van der Waals surface area (Å²) in [5.41, 5.74) is 0.955. The summed E-state index contributed by atoms with van der Waals surface area (Å²) in [6, 6.07) is 6.26. The predicted molar refractivity (Wildman–Crippen MR) is 70.1 cm³/mol. The summed E-state index contributed by atoms with van der Waals surface area (Å²) in [5, 5.41) is 22.0. The molecule has 1 aromatic carbocycles. The van der Waals surface area contributed by atoms with E-state index in [9.17, 15) is 14.9 Å². The molecule has 1 heterocycles. The molecule has 0 bridgehead atoms. The number of benzene rings is 1. The second-order valence-electron chi connectivity index (χ2n) is 3.78. The standard InChI is InChI=1S/C11H10N4O3S/c1-7(16)12-11-14-13-10(19-11)6-8-2-4-9(5-3-8)15(17)18/h2-5H,6H2,1H3,(H,12,14,16). The van der Waals surface area contributed by atoms with Gasteiger partial charge in [-0.2, -0.15) is 0 Å². The second kappa shape index (κ2) is 5.53. The number of hydrogen-bond acceptors (Lipinski definition) is 6. The van der Waals surface area contributed by atoms with E-state index in [2.05, 4.69) is 15.5 Å². The number of nitrogens with zero attached hydrogens (tertiary/aromatic N) is 3. The summed E-state index contributed by atoms with van der Waals surface area (Å²) >= 11 is 1.28. The number of amides is 1. The van der Waals surface area contributed by atoms with Gasteiger partial charge < -0.3 is 5.32 Å². The molecule has 0 spiro atoms. The van der Waals surface area contributed by atoms with Crippen LogP contribution >= 0.6 is 11.3 Å². The van der Waals surface area contributed by atoms with E-state index in [-0.39, 0.29) is 11.6 Å². The van der Waals surface area contributed by atoms with Gasteiger partial charge in [-0.1, -0.05) is 23.5 Å². The first kappa shape index (κ1) is 13.1. The highest BCUT2D eigenvalue weighted by Crippen LogP contribution is 2.20. The van der Waals surface area contributed by atoms with Crippen LogP contribution in [-0.2, 0) is 11.2 Å². The molecule has 0 radical (unpaired) electrons. The van der Waals surface area contributed by atoms with Crippen LogP contribution in [0, 0.1) is 10.1 Å². The summed E-state index contributed by atoms with van der Waals surface area (Å²) < 4.78 is 0. The van der Waals surface area contributed by atoms with Crippen LogP contribution in [0.2, 0.25) is 0 Å². The maximum atomic E-state index is 10.8. The Morgan fingerprint density at radius 2 is 2.05 bits per heavy atom. The smallest absolute Gasteiger partial charge is 0.269 e. The van der Waals surface area contributed by atoms with E-state index in [0.717, 1.165) is 10.6 Å². The first-order valence-electron chi connectivity index (χ1n) is 5.38. The molecular weight excluding hydrogens is 268 g/mol. The van der Waals surface area contributed by atoms with E-state index in [1.807, 2.05) is 0 Å². The van der Waals surface area contributed by atoms with Gasteiger partial charge in [-0.3, -0.25) is 14.9 Å². The summed E-state index contributed by atoms with van der Waals surface area (Å²) in [6.45, 7) is 1.40. The number of rotatable bonds is 4. The van der Waals surface area contributed by atoms with E-state index in [1.165, 1.54) is 30.4 Å². The van der Waals surface area contributed by atoms with Crippen molar-refractivity contribution in [3.05, 3.63) is 45.0 Å². The molecule has 2 aromatic rings. The van der Waals surface area contributed by atoms with E-state index in [1.54, 1.807) is 12.1 Å². The van der Waals surface area contributed by atoms with Crippen molar-refractivity contribution in [1.82, 2.24) is 10.2 Å². The number of hydrogen-bond donors (Lipinski definition) is 1. The van der Waals surface area contributed by atoms with Crippen LogP contribution in [0.1, 0.15) is 17.5 Å². The van der Waals surface area contributed by atoms with E-state index < -0.39 is 4.92 Å². The number of nitro groups is 1. The molecular formula is C11H10N4O3S. The predicted octanol–water partition coefficient (Wildman–Crippen LogP) is 2.00. The zero-order chi connectivity index (χ0) is 13.8. The summed E-state index contributed by atoms with van der Waals surface area (Å²) in [4.78, 5) is 20.9. The third-order valence-corrected chi connectivity index (χ3v) is 3.09. The molecule has 1 N–H and O–H groups in total. The Hall–Kier alpha value is -2.35. The average molecular weight is 278 g/mol. The monoisotopic (exact) mass is 278 g/mol. The first-order chi connectivity index (χ1) is 9.04. The van der Waals surface area contributed by atoms with Gasteiger partial charge in [-0.25, -0.2) is 0 Å². The molecule has 1 amide bonds. The Kier molecular flexibility index (Phi) is 3.81. The number of carbonyl (C=O) groups is 1. The molecule has 7 nitrogen and oxygen atoms in total. The lowest BCUT2D eigenvalue weighted by Crippen LogP contribution is -2.04. The second-order valence-corrected chi connectivity index (χ2v) is 4.84. The van der Waals surface area contributed by atoms with Crippen LogP contribution in [0.15, 0.2) is 24.3 Å².